The van der Waals surface area contributed by atoms with E-state index in [0.717, 1.165) is 11.2 Å². The molecule has 0 unspecified atom stereocenters. The van der Waals surface area contributed by atoms with Crippen molar-refractivity contribution in [2.75, 3.05) is 11.9 Å². The molecule has 0 bridgehead atoms. The molecule has 1 N–H and O–H groups in total. The molecule has 0 radical (unpaired) electrons. The molecule has 4 rings (SSSR count). The van der Waals surface area contributed by atoms with E-state index in [9.17, 15) is 4.79 Å². The predicted octanol–water partition coefficient (Wildman–Crippen LogP) is 4.05. The summed E-state index contributed by atoms with van der Waals surface area (Å²) in [6.45, 7) is 4.08. The van der Waals surface area contributed by atoms with Crippen molar-refractivity contribution in [3.63, 3.8) is 0 Å². The molecule has 0 saturated carbocycles. The number of carbonyl (C=O) groups is 1. The average molecular weight is 372 g/mol. The molecular formula is C22H20N4O2. The van der Waals surface area contributed by atoms with Gasteiger partial charge >= 0.3 is 0 Å². The Balaban J connectivity index is 1.48. The topological polar surface area (TPSA) is 69.0 Å². The molecule has 1 heterocycles. The van der Waals surface area contributed by atoms with E-state index < -0.39 is 0 Å². The molecule has 4 aromatic rings. The number of benzene rings is 3. The molecule has 0 spiro atoms. The van der Waals surface area contributed by atoms with Gasteiger partial charge in [-0.3, -0.25) is 4.79 Å². The Morgan fingerprint density at radius 3 is 2.50 bits per heavy atom. The molecule has 1 aromatic heterocycles. The summed E-state index contributed by atoms with van der Waals surface area (Å²) in [5.41, 5.74) is 5.44. The summed E-state index contributed by atoms with van der Waals surface area (Å²) in [4.78, 5) is 13.8. The standard InChI is InChI=1S/C22H20N4O2/c1-15-8-10-18(12-16(15)2)26-24-20-11-9-17(13-21(20)25-26)23-22(27)14-28-19-6-4-3-5-7-19/h3-13H,14H2,1-2H3,(H,23,27). The molecule has 3 aromatic carbocycles. The lowest BCUT2D eigenvalue weighted by atomic mass is 10.1. The van der Waals surface area contributed by atoms with Crippen LogP contribution in [0.25, 0.3) is 16.7 Å². The lowest BCUT2D eigenvalue weighted by molar-refractivity contribution is -0.118. The van der Waals surface area contributed by atoms with Crippen LogP contribution < -0.4 is 10.1 Å². The molecular weight excluding hydrogens is 352 g/mol. The number of rotatable bonds is 5. The number of nitrogens with zero attached hydrogens (tertiary/aromatic N) is 3. The van der Waals surface area contributed by atoms with Crippen LogP contribution in [0, 0.1) is 13.8 Å². The predicted molar refractivity (Wildman–Crippen MR) is 109 cm³/mol. The quantitative estimate of drug-likeness (QED) is 0.574. The first-order chi connectivity index (χ1) is 13.6. The molecule has 0 saturated heterocycles. The Hall–Kier alpha value is -3.67. The van der Waals surface area contributed by atoms with Gasteiger partial charge in [0, 0.05) is 5.69 Å². The van der Waals surface area contributed by atoms with Crippen molar-refractivity contribution in [1.82, 2.24) is 15.0 Å². The third kappa shape index (κ3) is 3.86. The van der Waals surface area contributed by atoms with Crippen LogP contribution in [0.5, 0.6) is 5.75 Å². The summed E-state index contributed by atoms with van der Waals surface area (Å²) in [5, 5.41) is 11.9. The molecule has 6 heteroatoms. The zero-order chi connectivity index (χ0) is 19.5. The van der Waals surface area contributed by atoms with Gasteiger partial charge in [-0.2, -0.15) is 4.80 Å². The Morgan fingerprint density at radius 2 is 1.71 bits per heavy atom. The van der Waals surface area contributed by atoms with Gasteiger partial charge in [-0.05, 0) is 67.4 Å². The number of para-hydroxylation sites is 1. The molecule has 1 amide bonds. The van der Waals surface area contributed by atoms with Crippen molar-refractivity contribution >= 4 is 22.6 Å². The van der Waals surface area contributed by atoms with Crippen LogP contribution in [-0.2, 0) is 4.79 Å². The lowest BCUT2D eigenvalue weighted by Crippen LogP contribution is -2.20. The van der Waals surface area contributed by atoms with Gasteiger partial charge in [0.25, 0.3) is 5.91 Å². The zero-order valence-corrected chi connectivity index (χ0v) is 15.7. The first-order valence-electron chi connectivity index (χ1n) is 9.01. The number of hydrogen-bond donors (Lipinski definition) is 1. The van der Waals surface area contributed by atoms with Crippen LogP contribution in [0.3, 0.4) is 0 Å². The van der Waals surface area contributed by atoms with E-state index in [1.165, 1.54) is 11.1 Å². The monoisotopic (exact) mass is 372 g/mol. The van der Waals surface area contributed by atoms with Gasteiger partial charge in [0.1, 0.15) is 16.8 Å². The Morgan fingerprint density at radius 1 is 0.929 bits per heavy atom. The van der Waals surface area contributed by atoms with Gasteiger partial charge < -0.3 is 10.1 Å². The van der Waals surface area contributed by atoms with Crippen LogP contribution >= 0.6 is 0 Å². The maximum Gasteiger partial charge on any atom is 0.262 e. The van der Waals surface area contributed by atoms with Crippen molar-refractivity contribution in [3.8, 4) is 11.4 Å². The Bertz CT molecular complexity index is 1140. The molecule has 0 fully saturated rings. The molecule has 0 atom stereocenters. The van der Waals surface area contributed by atoms with E-state index in [-0.39, 0.29) is 12.5 Å². The lowest BCUT2D eigenvalue weighted by Gasteiger charge is -2.07. The number of aromatic nitrogens is 3. The fraction of sp³-hybridized carbons (Fsp3) is 0.136. The minimum Gasteiger partial charge on any atom is -0.484 e. The normalized spacial score (nSPS) is 10.8. The van der Waals surface area contributed by atoms with E-state index >= 15 is 0 Å². The summed E-state index contributed by atoms with van der Waals surface area (Å²) in [6.07, 6.45) is 0. The highest BCUT2D eigenvalue weighted by Gasteiger charge is 2.09. The minimum absolute atomic E-state index is 0.0582. The van der Waals surface area contributed by atoms with Crippen LogP contribution in [0.2, 0.25) is 0 Å². The smallest absolute Gasteiger partial charge is 0.262 e. The van der Waals surface area contributed by atoms with E-state index in [0.29, 0.717) is 17.0 Å². The first kappa shape index (κ1) is 17.7. The van der Waals surface area contributed by atoms with Crippen LogP contribution in [0.15, 0.2) is 66.7 Å². The number of amides is 1. The van der Waals surface area contributed by atoms with Gasteiger partial charge in [0.15, 0.2) is 6.61 Å². The maximum atomic E-state index is 12.1. The van der Waals surface area contributed by atoms with Crippen molar-refractivity contribution < 1.29 is 9.53 Å². The molecule has 6 nitrogen and oxygen atoms in total. The average Bonchev–Trinajstić information content (AvgIpc) is 3.13. The van der Waals surface area contributed by atoms with Gasteiger partial charge in [-0.1, -0.05) is 24.3 Å². The third-order valence-electron chi connectivity index (χ3n) is 4.50. The second-order valence-electron chi connectivity index (χ2n) is 6.61. The maximum absolute atomic E-state index is 12.1. The third-order valence-corrected chi connectivity index (χ3v) is 4.50. The highest BCUT2D eigenvalue weighted by molar-refractivity contribution is 5.93. The fourth-order valence-corrected chi connectivity index (χ4v) is 2.82. The summed E-state index contributed by atoms with van der Waals surface area (Å²) in [5.74, 6) is 0.425. The molecule has 0 aliphatic carbocycles. The SMILES string of the molecule is Cc1ccc(-n2nc3ccc(NC(=O)COc4ccccc4)cc3n2)cc1C. The van der Waals surface area contributed by atoms with Crippen molar-refractivity contribution in [3.05, 3.63) is 77.9 Å². The highest BCUT2D eigenvalue weighted by Crippen LogP contribution is 2.19. The van der Waals surface area contributed by atoms with E-state index in [1.807, 2.05) is 48.5 Å². The van der Waals surface area contributed by atoms with E-state index in [2.05, 4.69) is 41.5 Å². The Labute approximate surface area is 162 Å². The minimum atomic E-state index is -0.232. The number of aryl methyl sites for hydroxylation is 2. The molecule has 28 heavy (non-hydrogen) atoms. The second kappa shape index (κ2) is 7.52. The van der Waals surface area contributed by atoms with Crippen molar-refractivity contribution in [2.45, 2.75) is 13.8 Å². The van der Waals surface area contributed by atoms with Gasteiger partial charge in [0.2, 0.25) is 0 Å². The van der Waals surface area contributed by atoms with Crippen LogP contribution in [0.4, 0.5) is 5.69 Å². The zero-order valence-electron chi connectivity index (χ0n) is 15.7. The molecule has 140 valence electrons. The van der Waals surface area contributed by atoms with Crippen LogP contribution in [-0.4, -0.2) is 27.5 Å². The number of nitrogens with one attached hydrogen (secondary N) is 1. The summed E-state index contributed by atoms with van der Waals surface area (Å²) < 4.78 is 5.47. The largest absolute Gasteiger partial charge is 0.484 e. The van der Waals surface area contributed by atoms with Crippen molar-refractivity contribution in [1.29, 1.82) is 0 Å². The molecule has 0 aliphatic rings. The highest BCUT2D eigenvalue weighted by atomic mass is 16.5. The number of ether oxygens (including phenoxy) is 1. The summed E-state index contributed by atoms with van der Waals surface area (Å²) in [7, 11) is 0. The first-order valence-corrected chi connectivity index (χ1v) is 9.01. The summed E-state index contributed by atoms with van der Waals surface area (Å²) >= 11 is 0. The Kier molecular flexibility index (Phi) is 4.76. The van der Waals surface area contributed by atoms with Crippen LogP contribution in [0.1, 0.15) is 11.1 Å². The fourth-order valence-electron chi connectivity index (χ4n) is 2.82. The number of fused-ring (bicyclic) bond motifs is 1. The second-order valence-corrected chi connectivity index (χ2v) is 6.61. The van der Waals surface area contributed by atoms with E-state index in [4.69, 9.17) is 4.74 Å². The van der Waals surface area contributed by atoms with Crippen molar-refractivity contribution in [2.24, 2.45) is 0 Å². The number of anilines is 1. The van der Waals surface area contributed by atoms with Gasteiger partial charge in [-0.25, -0.2) is 0 Å². The molecule has 0 aliphatic heterocycles. The van der Waals surface area contributed by atoms with Gasteiger partial charge in [-0.15, -0.1) is 10.2 Å². The van der Waals surface area contributed by atoms with E-state index in [1.54, 1.807) is 10.9 Å². The number of hydrogen-bond acceptors (Lipinski definition) is 4. The van der Waals surface area contributed by atoms with Gasteiger partial charge in [0.05, 0.1) is 5.69 Å². The summed E-state index contributed by atoms with van der Waals surface area (Å²) in [6, 6.07) is 20.8. The number of carbonyl (C=O) groups excluding carboxylic acids is 1.